The number of ether oxygens (including phenoxy) is 1. The standard InChI is InChI=1S/C21H25NO4/c1-3-17(21(25)22-13-6-4-5-10-20(23)24)16-11-12-18-15(14-16)8-7-9-19(18)26-2/h3,7-9,11-12,14H,4-6,10,13H2,1-2H3,(H,22,25)(H,23,24)/b17-3+. The molecule has 0 unspecified atom stereocenters. The molecule has 2 N–H and O–H groups in total. The van der Waals surface area contributed by atoms with Gasteiger partial charge in [0.25, 0.3) is 5.91 Å². The van der Waals surface area contributed by atoms with Gasteiger partial charge in [-0.15, -0.1) is 0 Å². The third-order valence-electron chi connectivity index (χ3n) is 4.26. The van der Waals surface area contributed by atoms with E-state index in [4.69, 9.17) is 9.84 Å². The summed E-state index contributed by atoms with van der Waals surface area (Å²) in [7, 11) is 1.64. The number of fused-ring (bicyclic) bond motifs is 1. The highest BCUT2D eigenvalue weighted by molar-refractivity contribution is 6.20. The molecule has 0 heterocycles. The molecule has 5 nitrogen and oxygen atoms in total. The summed E-state index contributed by atoms with van der Waals surface area (Å²) in [6.45, 7) is 2.38. The van der Waals surface area contributed by atoms with Crippen LogP contribution in [0.4, 0.5) is 0 Å². The molecule has 0 bridgehead atoms. The van der Waals surface area contributed by atoms with Gasteiger partial charge in [0.15, 0.2) is 0 Å². The minimum atomic E-state index is -0.779. The zero-order valence-corrected chi connectivity index (χ0v) is 15.2. The summed E-state index contributed by atoms with van der Waals surface area (Å²) in [5.74, 6) is -0.0898. The van der Waals surface area contributed by atoms with Crippen LogP contribution in [0.25, 0.3) is 16.3 Å². The van der Waals surface area contributed by atoms with Crippen LogP contribution in [0.15, 0.2) is 42.5 Å². The number of rotatable bonds is 9. The average Bonchev–Trinajstić information content (AvgIpc) is 2.64. The number of carbonyl (C=O) groups excluding carboxylic acids is 1. The van der Waals surface area contributed by atoms with Gasteiger partial charge in [-0.2, -0.15) is 0 Å². The minimum absolute atomic E-state index is 0.118. The van der Waals surface area contributed by atoms with Crippen LogP contribution >= 0.6 is 0 Å². The lowest BCUT2D eigenvalue weighted by Gasteiger charge is -2.11. The fraction of sp³-hybridized carbons (Fsp3) is 0.333. The van der Waals surface area contributed by atoms with E-state index in [0.29, 0.717) is 18.5 Å². The molecule has 0 aliphatic heterocycles. The first-order valence-corrected chi connectivity index (χ1v) is 8.80. The largest absolute Gasteiger partial charge is 0.496 e. The fourth-order valence-electron chi connectivity index (χ4n) is 2.90. The van der Waals surface area contributed by atoms with Crippen molar-refractivity contribution in [2.24, 2.45) is 0 Å². The molecule has 0 atom stereocenters. The van der Waals surface area contributed by atoms with Gasteiger partial charge in [-0.1, -0.05) is 36.8 Å². The van der Waals surface area contributed by atoms with Crippen molar-refractivity contribution in [2.75, 3.05) is 13.7 Å². The van der Waals surface area contributed by atoms with E-state index in [2.05, 4.69) is 5.32 Å². The number of carboxylic acids is 1. The number of unbranched alkanes of at least 4 members (excludes halogenated alkanes) is 2. The Hall–Kier alpha value is -2.82. The number of carbonyl (C=O) groups is 2. The smallest absolute Gasteiger partial charge is 0.303 e. The van der Waals surface area contributed by atoms with Gasteiger partial charge in [-0.25, -0.2) is 0 Å². The third-order valence-corrected chi connectivity index (χ3v) is 4.26. The minimum Gasteiger partial charge on any atom is -0.496 e. The zero-order valence-electron chi connectivity index (χ0n) is 15.2. The molecule has 26 heavy (non-hydrogen) atoms. The van der Waals surface area contributed by atoms with Crippen LogP contribution in [0.3, 0.4) is 0 Å². The Morgan fingerprint density at radius 3 is 2.65 bits per heavy atom. The second-order valence-corrected chi connectivity index (χ2v) is 6.06. The third kappa shape index (κ3) is 5.09. The Kier molecular flexibility index (Phi) is 7.21. The second-order valence-electron chi connectivity index (χ2n) is 6.06. The van der Waals surface area contributed by atoms with E-state index in [-0.39, 0.29) is 12.3 Å². The van der Waals surface area contributed by atoms with E-state index in [1.165, 1.54) is 0 Å². The maximum Gasteiger partial charge on any atom is 0.303 e. The molecule has 0 fully saturated rings. The highest BCUT2D eigenvalue weighted by Crippen LogP contribution is 2.28. The molecule has 0 aliphatic rings. The van der Waals surface area contributed by atoms with Crippen LogP contribution in [0, 0.1) is 0 Å². The number of nitrogens with one attached hydrogen (secondary N) is 1. The van der Waals surface area contributed by atoms with Crippen LogP contribution in [0.2, 0.25) is 0 Å². The van der Waals surface area contributed by atoms with Crippen LogP contribution in [0.1, 0.15) is 38.2 Å². The zero-order chi connectivity index (χ0) is 18.9. The molecular weight excluding hydrogens is 330 g/mol. The van der Waals surface area contributed by atoms with Gasteiger partial charge in [-0.05, 0) is 42.8 Å². The van der Waals surface area contributed by atoms with E-state index in [1.807, 2.05) is 43.3 Å². The molecule has 2 aromatic rings. The number of hydrogen-bond acceptors (Lipinski definition) is 3. The van der Waals surface area contributed by atoms with Crippen molar-refractivity contribution in [3.05, 3.63) is 48.0 Å². The number of benzene rings is 2. The maximum atomic E-state index is 12.5. The molecule has 5 heteroatoms. The quantitative estimate of drug-likeness (QED) is 0.526. The summed E-state index contributed by atoms with van der Waals surface area (Å²) in [4.78, 5) is 23.0. The summed E-state index contributed by atoms with van der Waals surface area (Å²) in [6, 6.07) is 11.7. The number of methoxy groups -OCH3 is 1. The number of amides is 1. The van der Waals surface area contributed by atoms with Gasteiger partial charge in [-0.3, -0.25) is 9.59 Å². The van der Waals surface area contributed by atoms with Gasteiger partial charge in [0.1, 0.15) is 5.75 Å². The van der Waals surface area contributed by atoms with E-state index < -0.39 is 5.97 Å². The molecule has 2 aromatic carbocycles. The molecule has 0 radical (unpaired) electrons. The summed E-state index contributed by atoms with van der Waals surface area (Å²) < 4.78 is 5.37. The van der Waals surface area contributed by atoms with Crippen LogP contribution in [-0.4, -0.2) is 30.6 Å². The number of allylic oxidation sites excluding steroid dienone is 1. The molecule has 0 aromatic heterocycles. The Labute approximate surface area is 153 Å². The lowest BCUT2D eigenvalue weighted by molar-refractivity contribution is -0.137. The fourth-order valence-corrected chi connectivity index (χ4v) is 2.90. The van der Waals surface area contributed by atoms with Gasteiger partial charge in [0.05, 0.1) is 7.11 Å². The molecule has 1 amide bonds. The Morgan fingerprint density at radius 2 is 1.96 bits per heavy atom. The molecule has 138 valence electrons. The lowest BCUT2D eigenvalue weighted by Crippen LogP contribution is -2.25. The maximum absolute atomic E-state index is 12.5. The van der Waals surface area contributed by atoms with E-state index in [0.717, 1.165) is 34.9 Å². The number of carboxylic acid groups (broad SMARTS) is 1. The Balaban J connectivity index is 2.00. The summed E-state index contributed by atoms with van der Waals surface area (Å²) in [6.07, 6.45) is 4.17. The van der Waals surface area contributed by atoms with Crippen molar-refractivity contribution in [2.45, 2.75) is 32.6 Å². The molecule has 0 saturated heterocycles. The van der Waals surface area contributed by atoms with Crippen molar-refractivity contribution >= 4 is 28.2 Å². The van der Waals surface area contributed by atoms with E-state index >= 15 is 0 Å². The van der Waals surface area contributed by atoms with Crippen molar-refractivity contribution < 1.29 is 19.4 Å². The summed E-state index contributed by atoms with van der Waals surface area (Å²) >= 11 is 0. The van der Waals surface area contributed by atoms with Crippen molar-refractivity contribution in [1.82, 2.24) is 5.32 Å². The topological polar surface area (TPSA) is 75.6 Å². The first-order chi connectivity index (χ1) is 12.6. The van der Waals surface area contributed by atoms with E-state index in [9.17, 15) is 9.59 Å². The molecule has 2 rings (SSSR count). The van der Waals surface area contributed by atoms with Crippen LogP contribution in [-0.2, 0) is 9.59 Å². The van der Waals surface area contributed by atoms with Crippen LogP contribution in [0.5, 0.6) is 5.75 Å². The van der Waals surface area contributed by atoms with E-state index in [1.54, 1.807) is 13.2 Å². The van der Waals surface area contributed by atoms with Crippen molar-refractivity contribution in [1.29, 1.82) is 0 Å². The lowest BCUT2D eigenvalue weighted by atomic mass is 10.00. The van der Waals surface area contributed by atoms with Crippen molar-refractivity contribution in [3.63, 3.8) is 0 Å². The number of aliphatic carboxylic acids is 1. The van der Waals surface area contributed by atoms with Gasteiger partial charge < -0.3 is 15.2 Å². The summed E-state index contributed by atoms with van der Waals surface area (Å²) in [5, 5.41) is 13.5. The predicted molar refractivity (Wildman–Crippen MR) is 103 cm³/mol. The first-order valence-electron chi connectivity index (χ1n) is 8.80. The van der Waals surface area contributed by atoms with Crippen LogP contribution < -0.4 is 10.1 Å². The molecular formula is C21H25NO4. The monoisotopic (exact) mass is 355 g/mol. The highest BCUT2D eigenvalue weighted by Gasteiger charge is 2.12. The predicted octanol–water partition coefficient (Wildman–Crippen LogP) is 4.01. The second kappa shape index (κ2) is 9.61. The van der Waals surface area contributed by atoms with Gasteiger partial charge in [0.2, 0.25) is 0 Å². The Morgan fingerprint density at radius 1 is 1.15 bits per heavy atom. The summed E-state index contributed by atoms with van der Waals surface area (Å²) in [5.41, 5.74) is 1.48. The van der Waals surface area contributed by atoms with Gasteiger partial charge >= 0.3 is 5.97 Å². The Bertz CT molecular complexity index is 811. The normalized spacial score (nSPS) is 11.4. The van der Waals surface area contributed by atoms with Gasteiger partial charge in [0, 0.05) is 23.9 Å². The average molecular weight is 355 g/mol. The van der Waals surface area contributed by atoms with Crippen molar-refractivity contribution in [3.8, 4) is 5.75 Å². The first kappa shape index (κ1) is 19.5. The molecule has 0 saturated carbocycles. The molecule has 0 aliphatic carbocycles. The highest BCUT2D eigenvalue weighted by atomic mass is 16.5. The molecule has 0 spiro atoms. The SMILES string of the molecule is C/C=C(/C(=O)NCCCCCC(=O)O)c1ccc2c(OC)cccc2c1. The number of hydrogen-bond donors (Lipinski definition) is 2.